The number of benzene rings is 1. The van der Waals surface area contributed by atoms with Gasteiger partial charge in [0.05, 0.1) is 0 Å². The van der Waals surface area contributed by atoms with Crippen LogP contribution < -0.4 is 5.32 Å². The van der Waals surface area contributed by atoms with Crippen molar-refractivity contribution in [2.75, 3.05) is 6.54 Å². The molecule has 2 atom stereocenters. The van der Waals surface area contributed by atoms with E-state index in [4.69, 9.17) is 11.6 Å². The highest BCUT2D eigenvalue weighted by Crippen LogP contribution is 2.32. The number of hydrogen-bond donors (Lipinski definition) is 1. The molecule has 0 aromatic heterocycles. The van der Waals surface area contributed by atoms with Gasteiger partial charge in [0.15, 0.2) is 0 Å². The first kappa shape index (κ1) is 10.5. The molecule has 14 heavy (non-hydrogen) atoms. The van der Waals surface area contributed by atoms with Crippen molar-refractivity contribution in [3.8, 4) is 0 Å². The van der Waals surface area contributed by atoms with Crippen molar-refractivity contribution in [3.05, 3.63) is 33.3 Å². The van der Waals surface area contributed by atoms with E-state index in [1.54, 1.807) is 0 Å². The average molecular weight is 275 g/mol. The Hall–Kier alpha value is -0.0500. The second-order valence-electron chi connectivity index (χ2n) is 3.91. The highest BCUT2D eigenvalue weighted by molar-refractivity contribution is 9.10. The Balaban J connectivity index is 2.24. The second-order valence-corrected chi connectivity index (χ2v) is 5.23. The van der Waals surface area contributed by atoms with Crippen LogP contribution in [0.5, 0.6) is 0 Å². The summed E-state index contributed by atoms with van der Waals surface area (Å²) in [4.78, 5) is 0. The van der Waals surface area contributed by atoms with Crippen molar-refractivity contribution in [2.24, 2.45) is 0 Å². The molecule has 1 heterocycles. The zero-order chi connectivity index (χ0) is 10.1. The zero-order valence-electron chi connectivity index (χ0n) is 8.06. The number of nitrogens with one attached hydrogen (secondary N) is 1. The molecule has 0 bridgehead atoms. The minimum atomic E-state index is 0.575. The molecular formula is C11H13BrClN. The lowest BCUT2D eigenvalue weighted by molar-refractivity contribution is 0.658. The van der Waals surface area contributed by atoms with Crippen molar-refractivity contribution in [2.45, 2.75) is 25.3 Å². The van der Waals surface area contributed by atoms with Crippen LogP contribution in [-0.2, 0) is 0 Å². The summed E-state index contributed by atoms with van der Waals surface area (Å²) in [7, 11) is 0. The fourth-order valence-corrected chi connectivity index (χ4v) is 2.83. The fourth-order valence-electron chi connectivity index (χ4n) is 2.01. The van der Waals surface area contributed by atoms with E-state index in [2.05, 4.69) is 40.3 Å². The SMILES string of the molecule is CC1CC(c2ccc(Br)cc2Cl)CN1. The molecule has 1 fully saturated rings. The fraction of sp³-hybridized carbons (Fsp3) is 0.455. The number of hydrogen-bond acceptors (Lipinski definition) is 1. The Labute approximate surface area is 98.0 Å². The standard InChI is InChI=1S/C11H13BrClN/c1-7-4-8(6-14-7)10-3-2-9(12)5-11(10)13/h2-3,5,7-8,14H,4,6H2,1H3. The Bertz CT molecular complexity index is 340. The van der Waals surface area contributed by atoms with Gasteiger partial charge in [0.2, 0.25) is 0 Å². The van der Waals surface area contributed by atoms with Gasteiger partial charge in [0.25, 0.3) is 0 Å². The van der Waals surface area contributed by atoms with Gasteiger partial charge in [0.1, 0.15) is 0 Å². The van der Waals surface area contributed by atoms with E-state index in [1.807, 2.05) is 6.07 Å². The monoisotopic (exact) mass is 273 g/mol. The molecular weight excluding hydrogens is 261 g/mol. The van der Waals surface area contributed by atoms with E-state index in [0.717, 1.165) is 16.0 Å². The second kappa shape index (κ2) is 4.21. The zero-order valence-corrected chi connectivity index (χ0v) is 10.4. The van der Waals surface area contributed by atoms with Crippen LogP contribution in [0.25, 0.3) is 0 Å². The van der Waals surface area contributed by atoms with Gasteiger partial charge >= 0.3 is 0 Å². The van der Waals surface area contributed by atoms with Crippen LogP contribution in [0.2, 0.25) is 5.02 Å². The molecule has 1 nitrogen and oxygen atoms in total. The van der Waals surface area contributed by atoms with Crippen molar-refractivity contribution in [3.63, 3.8) is 0 Å². The molecule has 3 heteroatoms. The lowest BCUT2D eigenvalue weighted by Crippen LogP contribution is -2.16. The van der Waals surface area contributed by atoms with Gasteiger partial charge in [-0.25, -0.2) is 0 Å². The third-order valence-electron chi connectivity index (χ3n) is 2.75. The summed E-state index contributed by atoms with van der Waals surface area (Å²) in [5.41, 5.74) is 1.27. The van der Waals surface area contributed by atoms with Crippen LogP contribution in [-0.4, -0.2) is 12.6 Å². The van der Waals surface area contributed by atoms with Crippen LogP contribution in [0.1, 0.15) is 24.8 Å². The molecule has 1 aromatic carbocycles. The van der Waals surface area contributed by atoms with Gasteiger partial charge in [-0.2, -0.15) is 0 Å². The van der Waals surface area contributed by atoms with Gasteiger partial charge in [0, 0.05) is 22.1 Å². The molecule has 1 N–H and O–H groups in total. The van der Waals surface area contributed by atoms with E-state index >= 15 is 0 Å². The molecule has 1 aromatic rings. The highest BCUT2D eigenvalue weighted by atomic mass is 79.9. The molecule has 1 aliphatic rings. The number of rotatable bonds is 1. The predicted octanol–water partition coefficient (Wildman–Crippen LogP) is 3.57. The Kier molecular flexibility index (Phi) is 3.15. The van der Waals surface area contributed by atoms with Crippen molar-refractivity contribution in [1.29, 1.82) is 0 Å². The minimum Gasteiger partial charge on any atom is -0.314 e. The number of halogens is 2. The summed E-state index contributed by atoms with van der Waals surface area (Å²) in [6, 6.07) is 6.76. The van der Waals surface area contributed by atoms with Crippen molar-refractivity contribution in [1.82, 2.24) is 5.32 Å². The first-order chi connectivity index (χ1) is 6.66. The molecule has 0 saturated carbocycles. The smallest absolute Gasteiger partial charge is 0.0452 e. The maximum Gasteiger partial charge on any atom is 0.0452 e. The van der Waals surface area contributed by atoms with E-state index in [1.165, 1.54) is 12.0 Å². The lowest BCUT2D eigenvalue weighted by Gasteiger charge is -2.11. The normalized spacial score (nSPS) is 26.8. The first-order valence-corrected chi connectivity index (χ1v) is 6.02. The minimum absolute atomic E-state index is 0.575. The highest BCUT2D eigenvalue weighted by Gasteiger charge is 2.23. The van der Waals surface area contributed by atoms with Crippen molar-refractivity contribution < 1.29 is 0 Å². The van der Waals surface area contributed by atoms with Gasteiger partial charge in [-0.05, 0) is 37.0 Å². The predicted molar refractivity (Wildman–Crippen MR) is 64.0 cm³/mol. The largest absolute Gasteiger partial charge is 0.314 e. The molecule has 0 radical (unpaired) electrons. The van der Waals surface area contributed by atoms with Crippen LogP contribution in [0.3, 0.4) is 0 Å². The average Bonchev–Trinajstić information content (AvgIpc) is 2.51. The van der Waals surface area contributed by atoms with Crippen LogP contribution in [0, 0.1) is 0 Å². The van der Waals surface area contributed by atoms with Crippen LogP contribution >= 0.6 is 27.5 Å². The quantitative estimate of drug-likeness (QED) is 0.825. The molecule has 1 saturated heterocycles. The van der Waals surface area contributed by atoms with Crippen molar-refractivity contribution >= 4 is 27.5 Å². The van der Waals surface area contributed by atoms with Gasteiger partial charge in [-0.1, -0.05) is 33.6 Å². The van der Waals surface area contributed by atoms with E-state index < -0.39 is 0 Å². The molecule has 76 valence electrons. The van der Waals surface area contributed by atoms with E-state index in [0.29, 0.717) is 12.0 Å². The first-order valence-electron chi connectivity index (χ1n) is 4.85. The Morgan fingerprint density at radius 1 is 1.50 bits per heavy atom. The third kappa shape index (κ3) is 2.13. The molecule has 1 aliphatic heterocycles. The van der Waals surface area contributed by atoms with E-state index in [-0.39, 0.29) is 0 Å². The van der Waals surface area contributed by atoms with Gasteiger partial charge in [-0.15, -0.1) is 0 Å². The summed E-state index contributed by atoms with van der Waals surface area (Å²) in [6.07, 6.45) is 1.18. The van der Waals surface area contributed by atoms with Gasteiger partial charge in [-0.3, -0.25) is 0 Å². The Morgan fingerprint density at radius 2 is 2.29 bits per heavy atom. The maximum atomic E-state index is 6.20. The summed E-state index contributed by atoms with van der Waals surface area (Å²) in [5, 5.41) is 4.31. The topological polar surface area (TPSA) is 12.0 Å². The molecule has 0 amide bonds. The molecule has 2 rings (SSSR count). The van der Waals surface area contributed by atoms with Crippen LogP contribution in [0.15, 0.2) is 22.7 Å². The summed E-state index contributed by atoms with van der Waals surface area (Å²) >= 11 is 9.62. The maximum absolute atomic E-state index is 6.20. The third-order valence-corrected chi connectivity index (χ3v) is 3.57. The molecule has 2 unspecified atom stereocenters. The lowest BCUT2D eigenvalue weighted by atomic mass is 9.97. The molecule has 0 aliphatic carbocycles. The van der Waals surface area contributed by atoms with Gasteiger partial charge < -0.3 is 5.32 Å². The molecule has 0 spiro atoms. The van der Waals surface area contributed by atoms with E-state index in [9.17, 15) is 0 Å². The summed E-state index contributed by atoms with van der Waals surface area (Å²) in [5.74, 6) is 0.575. The Morgan fingerprint density at radius 3 is 2.86 bits per heavy atom. The summed E-state index contributed by atoms with van der Waals surface area (Å²) < 4.78 is 1.05. The summed E-state index contributed by atoms with van der Waals surface area (Å²) in [6.45, 7) is 3.26. The van der Waals surface area contributed by atoms with Crippen LogP contribution in [0.4, 0.5) is 0 Å².